The highest BCUT2D eigenvalue weighted by atomic mass is 32.2. The largest absolute Gasteiger partial charge is 0.573 e. The molecule has 13 heteroatoms. The molecule has 0 radical (unpaired) electrons. The predicted molar refractivity (Wildman–Crippen MR) is 118 cm³/mol. The summed E-state index contributed by atoms with van der Waals surface area (Å²) in [4.78, 5) is 34.2. The van der Waals surface area contributed by atoms with Gasteiger partial charge in [0, 0.05) is 14.1 Å². The van der Waals surface area contributed by atoms with Gasteiger partial charge in [-0.05, 0) is 24.1 Å². The van der Waals surface area contributed by atoms with Crippen molar-refractivity contribution in [3.05, 3.63) is 68.5 Å². The number of aryl methyl sites for hydroxylation is 2. The number of aromatic nitrogens is 5. The molecule has 0 aliphatic heterocycles. The Morgan fingerprint density at radius 2 is 1.79 bits per heavy atom. The second kappa shape index (κ2) is 9.05. The lowest BCUT2D eigenvalue weighted by atomic mass is 10.2. The first-order valence-electron chi connectivity index (χ1n) is 10.1. The molecule has 0 spiro atoms. The van der Waals surface area contributed by atoms with Crippen LogP contribution in [0.1, 0.15) is 24.1 Å². The monoisotopic (exact) mass is 495 g/mol. The predicted octanol–water partition coefficient (Wildman–Crippen LogP) is 3.22. The number of alkyl halides is 3. The summed E-state index contributed by atoms with van der Waals surface area (Å²) < 4.78 is 50.6. The lowest BCUT2D eigenvalue weighted by Crippen LogP contribution is -2.37. The molecule has 1 aromatic carbocycles. The number of oxazole rings is 1. The highest BCUT2D eigenvalue weighted by Crippen LogP contribution is 2.27. The second-order valence-electron chi connectivity index (χ2n) is 7.43. The number of imidazole rings is 1. The van der Waals surface area contributed by atoms with Gasteiger partial charge < -0.3 is 13.7 Å². The minimum Gasteiger partial charge on any atom is -0.448 e. The van der Waals surface area contributed by atoms with Gasteiger partial charge in [0.2, 0.25) is 5.89 Å². The third-order valence-corrected chi connectivity index (χ3v) is 6.06. The third kappa shape index (κ3) is 4.74. The quantitative estimate of drug-likeness (QED) is 0.363. The number of thioether (sulfide) groups is 1. The number of halogens is 3. The van der Waals surface area contributed by atoms with Crippen LogP contribution in [0, 0.1) is 0 Å². The SMILES string of the molecule is CCc1coc(CSc2nc3c(c(=O)n(C)c(=O)n3C)n2Cc2ccc(OC(F)(F)F)cc2)n1. The number of fused-ring (bicyclic) bond motifs is 1. The van der Waals surface area contributed by atoms with E-state index in [1.165, 1.54) is 54.7 Å². The maximum Gasteiger partial charge on any atom is 0.573 e. The van der Waals surface area contributed by atoms with Gasteiger partial charge in [-0.1, -0.05) is 30.8 Å². The second-order valence-corrected chi connectivity index (χ2v) is 8.37. The van der Waals surface area contributed by atoms with E-state index < -0.39 is 17.6 Å². The molecule has 0 aliphatic rings. The molecule has 0 fully saturated rings. The summed E-state index contributed by atoms with van der Waals surface area (Å²) in [5.41, 5.74) is 0.766. The zero-order valence-electron chi connectivity index (χ0n) is 18.4. The van der Waals surface area contributed by atoms with E-state index in [0.29, 0.717) is 22.4 Å². The normalized spacial score (nSPS) is 11.9. The summed E-state index contributed by atoms with van der Waals surface area (Å²) in [6.07, 6.45) is -2.50. The van der Waals surface area contributed by atoms with Crippen LogP contribution >= 0.6 is 11.8 Å². The molecular formula is C21H20F3N5O4S. The number of hydrogen-bond donors (Lipinski definition) is 0. The number of rotatable bonds is 7. The number of ether oxygens (including phenoxy) is 1. The van der Waals surface area contributed by atoms with Crippen LogP contribution in [-0.4, -0.2) is 30.0 Å². The van der Waals surface area contributed by atoms with Gasteiger partial charge in [-0.15, -0.1) is 13.2 Å². The Balaban J connectivity index is 1.74. The van der Waals surface area contributed by atoms with Crippen LogP contribution in [0.15, 0.2) is 49.7 Å². The van der Waals surface area contributed by atoms with Crippen LogP contribution in [-0.2, 0) is 32.8 Å². The Morgan fingerprint density at radius 3 is 2.41 bits per heavy atom. The van der Waals surface area contributed by atoms with Crippen molar-refractivity contribution in [1.82, 2.24) is 23.7 Å². The Hall–Kier alpha value is -3.48. The van der Waals surface area contributed by atoms with Crippen molar-refractivity contribution in [1.29, 1.82) is 0 Å². The first-order valence-corrected chi connectivity index (χ1v) is 11.1. The Labute approximate surface area is 194 Å². The van der Waals surface area contributed by atoms with Crippen LogP contribution < -0.4 is 16.0 Å². The minimum absolute atomic E-state index is 0.129. The number of hydrogen-bond acceptors (Lipinski definition) is 7. The van der Waals surface area contributed by atoms with Crippen LogP contribution in [0.3, 0.4) is 0 Å². The summed E-state index contributed by atoms with van der Waals surface area (Å²) >= 11 is 1.27. The van der Waals surface area contributed by atoms with Gasteiger partial charge in [0.25, 0.3) is 5.56 Å². The van der Waals surface area contributed by atoms with Crippen LogP contribution in [0.4, 0.5) is 13.2 Å². The fourth-order valence-corrected chi connectivity index (χ4v) is 4.21. The smallest absolute Gasteiger partial charge is 0.448 e. The lowest BCUT2D eigenvalue weighted by Gasteiger charge is -2.11. The molecule has 180 valence electrons. The zero-order chi connectivity index (χ0) is 24.6. The molecule has 34 heavy (non-hydrogen) atoms. The van der Waals surface area contributed by atoms with Gasteiger partial charge >= 0.3 is 12.1 Å². The van der Waals surface area contributed by atoms with Gasteiger partial charge in [0.05, 0.1) is 18.0 Å². The van der Waals surface area contributed by atoms with E-state index in [1.54, 1.807) is 10.8 Å². The highest BCUT2D eigenvalue weighted by Gasteiger charge is 2.31. The molecular weight excluding hydrogens is 475 g/mol. The van der Waals surface area contributed by atoms with E-state index in [9.17, 15) is 22.8 Å². The summed E-state index contributed by atoms with van der Waals surface area (Å²) in [7, 11) is 2.89. The topological polar surface area (TPSA) is 97.1 Å². The van der Waals surface area contributed by atoms with Crippen molar-refractivity contribution in [2.24, 2.45) is 14.1 Å². The maximum absolute atomic E-state index is 13.0. The molecule has 3 aromatic heterocycles. The van der Waals surface area contributed by atoms with E-state index in [4.69, 9.17) is 4.42 Å². The molecule has 3 heterocycles. The van der Waals surface area contributed by atoms with E-state index >= 15 is 0 Å². The van der Waals surface area contributed by atoms with Crippen molar-refractivity contribution < 1.29 is 22.3 Å². The van der Waals surface area contributed by atoms with E-state index in [0.717, 1.165) is 16.7 Å². The average molecular weight is 495 g/mol. The van der Waals surface area contributed by atoms with Crippen molar-refractivity contribution in [3.8, 4) is 5.75 Å². The highest BCUT2D eigenvalue weighted by molar-refractivity contribution is 7.98. The lowest BCUT2D eigenvalue weighted by molar-refractivity contribution is -0.274. The van der Waals surface area contributed by atoms with E-state index in [-0.39, 0.29) is 23.5 Å². The molecule has 0 N–H and O–H groups in total. The van der Waals surface area contributed by atoms with Gasteiger partial charge in [0.1, 0.15) is 12.0 Å². The first kappa shape index (κ1) is 23.7. The fourth-order valence-electron chi connectivity index (χ4n) is 3.37. The first-order chi connectivity index (χ1) is 16.1. The molecule has 0 saturated heterocycles. The Bertz CT molecular complexity index is 1450. The van der Waals surface area contributed by atoms with Gasteiger partial charge in [-0.2, -0.15) is 0 Å². The molecule has 0 aliphatic carbocycles. The van der Waals surface area contributed by atoms with Crippen molar-refractivity contribution >= 4 is 22.9 Å². The van der Waals surface area contributed by atoms with Crippen molar-refractivity contribution in [2.45, 2.75) is 37.2 Å². The fraction of sp³-hybridized carbons (Fsp3) is 0.333. The summed E-state index contributed by atoms with van der Waals surface area (Å²) in [5, 5.41) is 0.431. The standard InChI is InChI=1S/C21H20F3N5O4S/c1-4-13-10-32-15(25-13)11-34-19-26-17-16(18(30)28(3)20(31)27(17)2)29(19)9-12-5-7-14(8-6-12)33-21(22,23)24/h5-8,10H,4,9,11H2,1-3H3. The van der Waals surface area contributed by atoms with Crippen molar-refractivity contribution in [2.75, 3.05) is 0 Å². The molecule has 0 unspecified atom stereocenters. The molecule has 0 bridgehead atoms. The summed E-state index contributed by atoms with van der Waals surface area (Å²) in [5.74, 6) is 0.460. The number of nitrogens with zero attached hydrogens (tertiary/aromatic N) is 5. The summed E-state index contributed by atoms with van der Waals surface area (Å²) in [6.45, 7) is 2.08. The molecule has 0 saturated carbocycles. The van der Waals surface area contributed by atoms with E-state index in [2.05, 4.69) is 14.7 Å². The zero-order valence-corrected chi connectivity index (χ0v) is 19.2. The van der Waals surface area contributed by atoms with Crippen LogP contribution in [0.25, 0.3) is 11.2 Å². The molecule has 0 amide bonds. The maximum atomic E-state index is 13.0. The molecule has 0 atom stereocenters. The molecule has 9 nitrogen and oxygen atoms in total. The van der Waals surface area contributed by atoms with Gasteiger partial charge in [-0.3, -0.25) is 13.9 Å². The average Bonchev–Trinajstić information content (AvgIpc) is 3.40. The Kier molecular flexibility index (Phi) is 6.30. The summed E-state index contributed by atoms with van der Waals surface area (Å²) in [6, 6.07) is 5.33. The number of benzene rings is 1. The van der Waals surface area contributed by atoms with Crippen LogP contribution in [0.5, 0.6) is 5.75 Å². The minimum atomic E-state index is -4.79. The molecule has 4 rings (SSSR count). The van der Waals surface area contributed by atoms with E-state index in [1.807, 2.05) is 6.92 Å². The van der Waals surface area contributed by atoms with Gasteiger partial charge in [0.15, 0.2) is 16.3 Å². The third-order valence-electron chi connectivity index (χ3n) is 5.10. The van der Waals surface area contributed by atoms with Crippen LogP contribution in [0.2, 0.25) is 0 Å². The van der Waals surface area contributed by atoms with Crippen molar-refractivity contribution in [3.63, 3.8) is 0 Å². The molecule has 4 aromatic rings. The Morgan fingerprint density at radius 1 is 1.09 bits per heavy atom. The van der Waals surface area contributed by atoms with Gasteiger partial charge in [-0.25, -0.2) is 14.8 Å².